The van der Waals surface area contributed by atoms with E-state index in [9.17, 15) is 0 Å². The smallest absolute Gasteiger partial charge is 0.0218 e. The number of hydrogen-bond donors (Lipinski definition) is 1. The first kappa shape index (κ1) is 13.6. The molecule has 1 aliphatic heterocycles. The van der Waals surface area contributed by atoms with Gasteiger partial charge in [0.25, 0.3) is 0 Å². The number of nitrogens with two attached hydrogens (primary N) is 1. The maximum atomic E-state index is 5.85. The van der Waals surface area contributed by atoms with Gasteiger partial charge in [0.2, 0.25) is 0 Å². The second-order valence-electron chi connectivity index (χ2n) is 5.36. The van der Waals surface area contributed by atoms with E-state index in [4.69, 9.17) is 5.73 Å². The van der Waals surface area contributed by atoms with Gasteiger partial charge in [0, 0.05) is 12.6 Å². The van der Waals surface area contributed by atoms with Crippen LogP contribution >= 0.6 is 0 Å². The molecule has 0 aliphatic carbocycles. The molecule has 2 N–H and O–H groups in total. The van der Waals surface area contributed by atoms with Crippen molar-refractivity contribution < 1.29 is 0 Å². The topological polar surface area (TPSA) is 29.3 Å². The number of rotatable bonds is 6. The quantitative estimate of drug-likeness (QED) is 0.782. The zero-order chi connectivity index (χ0) is 12.6. The number of likely N-dealkylation sites (tertiary alicyclic amines) is 1. The van der Waals surface area contributed by atoms with Crippen LogP contribution < -0.4 is 5.73 Å². The molecular weight excluding hydrogens is 220 g/mol. The number of piperidine rings is 1. The normalized spacial score (nSPS) is 21.1. The average Bonchev–Trinajstić information content (AvgIpc) is 2.45. The number of nitrogens with zero attached hydrogens (tertiary/aromatic N) is 1. The molecule has 18 heavy (non-hydrogen) atoms. The first-order valence-electron chi connectivity index (χ1n) is 7.38. The van der Waals surface area contributed by atoms with Crippen molar-refractivity contribution in [1.29, 1.82) is 0 Å². The summed E-state index contributed by atoms with van der Waals surface area (Å²) in [5.41, 5.74) is 7.31. The Kier molecular flexibility index (Phi) is 5.69. The average molecular weight is 246 g/mol. The predicted molar refractivity (Wildman–Crippen MR) is 77.6 cm³/mol. The summed E-state index contributed by atoms with van der Waals surface area (Å²) in [5, 5.41) is 0. The largest absolute Gasteiger partial charge is 0.329 e. The lowest BCUT2D eigenvalue weighted by atomic mass is 10.0. The van der Waals surface area contributed by atoms with Gasteiger partial charge in [-0.15, -0.1) is 0 Å². The molecule has 1 aromatic carbocycles. The number of hydrogen-bond acceptors (Lipinski definition) is 2. The minimum Gasteiger partial charge on any atom is -0.329 e. The van der Waals surface area contributed by atoms with Gasteiger partial charge < -0.3 is 5.73 Å². The van der Waals surface area contributed by atoms with Crippen molar-refractivity contribution in [3.63, 3.8) is 0 Å². The van der Waals surface area contributed by atoms with Crippen molar-refractivity contribution >= 4 is 0 Å². The third-order valence-corrected chi connectivity index (χ3v) is 4.02. The van der Waals surface area contributed by atoms with Gasteiger partial charge in [-0.25, -0.2) is 0 Å². The van der Waals surface area contributed by atoms with Crippen LogP contribution in [0.4, 0.5) is 0 Å². The summed E-state index contributed by atoms with van der Waals surface area (Å²) in [7, 11) is 0. The summed E-state index contributed by atoms with van der Waals surface area (Å²) in [5.74, 6) is 0. The molecule has 0 aromatic heterocycles. The number of aryl methyl sites for hydroxylation is 1. The Morgan fingerprint density at radius 3 is 2.72 bits per heavy atom. The Labute approximate surface area is 111 Å². The molecule has 1 saturated heterocycles. The van der Waals surface area contributed by atoms with Crippen LogP contribution in [0.15, 0.2) is 30.3 Å². The zero-order valence-corrected chi connectivity index (χ0v) is 11.4. The third kappa shape index (κ3) is 4.11. The molecule has 1 heterocycles. The van der Waals surface area contributed by atoms with Gasteiger partial charge in [0.15, 0.2) is 0 Å². The predicted octanol–water partition coefficient (Wildman–Crippen LogP) is 2.82. The van der Waals surface area contributed by atoms with Crippen LogP contribution in [0.2, 0.25) is 0 Å². The highest BCUT2D eigenvalue weighted by Gasteiger charge is 2.19. The molecule has 2 heteroatoms. The van der Waals surface area contributed by atoms with Crippen molar-refractivity contribution in [3.8, 4) is 0 Å². The molecule has 1 aliphatic rings. The molecule has 1 fully saturated rings. The molecular formula is C16H26N2. The summed E-state index contributed by atoms with van der Waals surface area (Å²) >= 11 is 0. The van der Waals surface area contributed by atoms with E-state index in [1.165, 1.54) is 57.2 Å². The first-order valence-corrected chi connectivity index (χ1v) is 7.38. The maximum absolute atomic E-state index is 5.85. The van der Waals surface area contributed by atoms with Crippen LogP contribution in [0.5, 0.6) is 0 Å². The van der Waals surface area contributed by atoms with Gasteiger partial charge in [-0.1, -0.05) is 36.8 Å². The van der Waals surface area contributed by atoms with Crippen LogP contribution in [0.3, 0.4) is 0 Å². The van der Waals surface area contributed by atoms with Gasteiger partial charge in [0.1, 0.15) is 0 Å². The van der Waals surface area contributed by atoms with Gasteiger partial charge >= 0.3 is 0 Å². The number of unbranched alkanes of at least 4 members (excludes halogenated alkanes) is 1. The summed E-state index contributed by atoms with van der Waals surface area (Å²) in [6.07, 6.45) is 7.82. The second-order valence-corrected chi connectivity index (χ2v) is 5.36. The van der Waals surface area contributed by atoms with Crippen molar-refractivity contribution in [1.82, 2.24) is 4.90 Å². The van der Waals surface area contributed by atoms with Crippen molar-refractivity contribution in [2.45, 2.75) is 44.6 Å². The SMILES string of the molecule is NC[C@H]1CCCCN1CCCCc1ccccc1. The Morgan fingerprint density at radius 1 is 1.11 bits per heavy atom. The van der Waals surface area contributed by atoms with Crippen LogP contribution in [-0.2, 0) is 6.42 Å². The molecule has 100 valence electrons. The molecule has 2 rings (SSSR count). The summed E-state index contributed by atoms with van der Waals surface area (Å²) in [4.78, 5) is 2.61. The molecule has 0 saturated carbocycles. The van der Waals surface area contributed by atoms with Gasteiger partial charge in [0.05, 0.1) is 0 Å². The van der Waals surface area contributed by atoms with Crippen LogP contribution in [0.25, 0.3) is 0 Å². The number of benzene rings is 1. The maximum Gasteiger partial charge on any atom is 0.0218 e. The molecule has 0 bridgehead atoms. The Bertz CT molecular complexity index is 323. The highest BCUT2D eigenvalue weighted by Crippen LogP contribution is 2.17. The van der Waals surface area contributed by atoms with E-state index in [2.05, 4.69) is 35.2 Å². The molecule has 0 unspecified atom stereocenters. The molecule has 1 atom stereocenters. The van der Waals surface area contributed by atoms with Gasteiger partial charge in [-0.05, 0) is 50.8 Å². The minimum absolute atomic E-state index is 0.649. The van der Waals surface area contributed by atoms with Crippen molar-refractivity contribution in [2.24, 2.45) is 5.73 Å². The lowest BCUT2D eigenvalue weighted by molar-refractivity contribution is 0.150. The highest BCUT2D eigenvalue weighted by molar-refractivity contribution is 5.14. The van der Waals surface area contributed by atoms with Crippen molar-refractivity contribution in [3.05, 3.63) is 35.9 Å². The monoisotopic (exact) mass is 246 g/mol. The zero-order valence-electron chi connectivity index (χ0n) is 11.4. The highest BCUT2D eigenvalue weighted by atomic mass is 15.2. The molecule has 0 amide bonds. The molecule has 0 radical (unpaired) electrons. The van der Waals surface area contributed by atoms with Crippen molar-refractivity contribution in [2.75, 3.05) is 19.6 Å². The van der Waals surface area contributed by atoms with Crippen LogP contribution in [-0.4, -0.2) is 30.6 Å². The fraction of sp³-hybridized carbons (Fsp3) is 0.625. The minimum atomic E-state index is 0.649. The standard InChI is InChI=1S/C16H26N2/c17-14-16-11-5-7-13-18(16)12-6-4-10-15-8-2-1-3-9-15/h1-3,8-9,16H,4-7,10-14,17H2/t16-/m1/s1. The Balaban J connectivity index is 1.65. The second kappa shape index (κ2) is 7.55. The molecule has 1 aromatic rings. The van der Waals surface area contributed by atoms with E-state index in [-0.39, 0.29) is 0 Å². The lowest BCUT2D eigenvalue weighted by Crippen LogP contribution is -2.44. The van der Waals surface area contributed by atoms with Gasteiger partial charge in [-0.3, -0.25) is 4.90 Å². The lowest BCUT2D eigenvalue weighted by Gasteiger charge is -2.34. The summed E-state index contributed by atoms with van der Waals surface area (Å²) < 4.78 is 0. The van der Waals surface area contributed by atoms with Crippen LogP contribution in [0, 0.1) is 0 Å². The fourth-order valence-corrected chi connectivity index (χ4v) is 2.91. The third-order valence-electron chi connectivity index (χ3n) is 4.02. The van der Waals surface area contributed by atoms with E-state index in [1.807, 2.05) is 0 Å². The van der Waals surface area contributed by atoms with E-state index >= 15 is 0 Å². The first-order chi connectivity index (χ1) is 8.90. The Hall–Kier alpha value is -0.860. The molecule has 2 nitrogen and oxygen atoms in total. The fourth-order valence-electron chi connectivity index (χ4n) is 2.91. The van der Waals surface area contributed by atoms with Crippen LogP contribution in [0.1, 0.15) is 37.7 Å². The summed E-state index contributed by atoms with van der Waals surface area (Å²) in [6.45, 7) is 3.32. The Morgan fingerprint density at radius 2 is 1.94 bits per heavy atom. The summed E-state index contributed by atoms with van der Waals surface area (Å²) in [6, 6.07) is 11.4. The molecule has 0 spiro atoms. The van der Waals surface area contributed by atoms with E-state index in [1.54, 1.807) is 0 Å². The van der Waals surface area contributed by atoms with Gasteiger partial charge in [-0.2, -0.15) is 0 Å². The van der Waals surface area contributed by atoms with E-state index in [0.717, 1.165) is 6.54 Å². The van der Waals surface area contributed by atoms with E-state index < -0.39 is 0 Å². The van der Waals surface area contributed by atoms with E-state index in [0.29, 0.717) is 6.04 Å².